The van der Waals surface area contributed by atoms with Crippen LogP contribution in [0.15, 0.2) is 68.2 Å². The zero-order valence-electron chi connectivity index (χ0n) is 15.7. The quantitative estimate of drug-likeness (QED) is 0.290. The molecule has 0 saturated heterocycles. The van der Waals surface area contributed by atoms with Crippen molar-refractivity contribution in [3.8, 4) is 22.8 Å². The number of benzene rings is 2. The summed E-state index contributed by atoms with van der Waals surface area (Å²) in [6.45, 7) is 0. The van der Waals surface area contributed by atoms with Crippen molar-refractivity contribution in [2.45, 2.75) is 0 Å². The van der Waals surface area contributed by atoms with Gasteiger partial charge in [0.25, 0.3) is 0 Å². The van der Waals surface area contributed by atoms with E-state index in [0.29, 0.717) is 27.7 Å². The maximum Gasteiger partial charge on any atom is 0.345 e. The fraction of sp³-hybridized carbons (Fsp3) is 0.0952. The molecule has 0 radical (unpaired) electrons. The standard InChI is InChI=1S/C21H17N3O4S/c1-26-17-8-4-3-6-14(17)11-22-24-21-23-16(12-29-21)15-10-13-7-5-9-18(27-2)19(13)28-20(15)25/h3-12H,1-2H3,(H,23,24)/b22-11-. The normalized spacial score (nSPS) is 11.1. The first kappa shape index (κ1) is 18.7. The van der Waals surface area contributed by atoms with Crippen molar-refractivity contribution >= 4 is 33.7 Å². The predicted molar refractivity (Wildman–Crippen MR) is 114 cm³/mol. The first-order valence-corrected chi connectivity index (χ1v) is 9.56. The van der Waals surface area contributed by atoms with Crippen LogP contribution >= 0.6 is 11.3 Å². The molecule has 2 heterocycles. The maximum atomic E-state index is 12.5. The average Bonchev–Trinajstić information content (AvgIpc) is 3.22. The van der Waals surface area contributed by atoms with E-state index in [0.717, 1.165) is 16.7 Å². The van der Waals surface area contributed by atoms with E-state index in [1.807, 2.05) is 36.4 Å². The van der Waals surface area contributed by atoms with E-state index >= 15 is 0 Å². The van der Waals surface area contributed by atoms with Gasteiger partial charge in [-0.3, -0.25) is 5.43 Å². The Labute approximate surface area is 170 Å². The van der Waals surface area contributed by atoms with Gasteiger partial charge in [-0.05, 0) is 24.3 Å². The summed E-state index contributed by atoms with van der Waals surface area (Å²) < 4.78 is 16.0. The molecule has 146 valence electrons. The summed E-state index contributed by atoms with van der Waals surface area (Å²) in [6, 6.07) is 14.7. The molecule has 1 N–H and O–H groups in total. The van der Waals surface area contributed by atoms with E-state index in [4.69, 9.17) is 13.9 Å². The molecule has 0 aliphatic heterocycles. The van der Waals surface area contributed by atoms with Gasteiger partial charge in [0, 0.05) is 16.3 Å². The van der Waals surface area contributed by atoms with Gasteiger partial charge in [-0.1, -0.05) is 24.3 Å². The van der Waals surface area contributed by atoms with Gasteiger partial charge in [0.1, 0.15) is 5.75 Å². The molecule has 7 nitrogen and oxygen atoms in total. The number of hydrazone groups is 1. The van der Waals surface area contributed by atoms with E-state index in [1.54, 1.807) is 30.8 Å². The number of methoxy groups -OCH3 is 2. The van der Waals surface area contributed by atoms with Gasteiger partial charge in [0.15, 0.2) is 11.3 Å². The number of thiazole rings is 1. The van der Waals surface area contributed by atoms with Crippen LogP contribution in [0.5, 0.6) is 11.5 Å². The minimum Gasteiger partial charge on any atom is -0.496 e. The molecule has 0 fully saturated rings. The van der Waals surface area contributed by atoms with Crippen molar-refractivity contribution in [1.29, 1.82) is 0 Å². The van der Waals surface area contributed by atoms with E-state index in [1.165, 1.54) is 18.4 Å². The molecular weight excluding hydrogens is 390 g/mol. The summed E-state index contributed by atoms with van der Waals surface area (Å²) in [5.74, 6) is 1.24. The number of para-hydroxylation sites is 2. The molecule has 0 amide bonds. The summed E-state index contributed by atoms with van der Waals surface area (Å²) in [6.07, 6.45) is 1.65. The van der Waals surface area contributed by atoms with Crippen molar-refractivity contribution in [1.82, 2.24) is 4.98 Å². The highest BCUT2D eigenvalue weighted by atomic mass is 32.1. The number of nitrogens with zero attached hydrogens (tertiary/aromatic N) is 2. The molecule has 0 aliphatic carbocycles. The fourth-order valence-corrected chi connectivity index (χ4v) is 3.50. The molecule has 2 aromatic carbocycles. The van der Waals surface area contributed by atoms with Crippen molar-refractivity contribution < 1.29 is 13.9 Å². The van der Waals surface area contributed by atoms with Crippen molar-refractivity contribution in [2.75, 3.05) is 19.6 Å². The Morgan fingerprint density at radius 1 is 1.10 bits per heavy atom. The Balaban J connectivity index is 1.58. The zero-order chi connectivity index (χ0) is 20.2. The number of fused-ring (bicyclic) bond motifs is 1. The third-order valence-corrected chi connectivity index (χ3v) is 4.97. The third kappa shape index (κ3) is 3.83. The topological polar surface area (TPSA) is 85.9 Å². The monoisotopic (exact) mass is 407 g/mol. The van der Waals surface area contributed by atoms with Crippen LogP contribution in [0.4, 0.5) is 5.13 Å². The Morgan fingerprint density at radius 2 is 1.90 bits per heavy atom. The van der Waals surface area contributed by atoms with Gasteiger partial charge in [0.05, 0.1) is 31.7 Å². The third-order valence-electron chi connectivity index (χ3n) is 4.23. The Hall–Kier alpha value is -3.65. The van der Waals surface area contributed by atoms with Crippen LogP contribution in [0, 0.1) is 0 Å². The zero-order valence-corrected chi connectivity index (χ0v) is 16.5. The Bertz CT molecular complexity index is 1250. The largest absolute Gasteiger partial charge is 0.496 e. The fourth-order valence-electron chi connectivity index (χ4n) is 2.84. The molecule has 0 atom stereocenters. The Kier molecular flexibility index (Phi) is 5.26. The van der Waals surface area contributed by atoms with Crippen molar-refractivity contribution in [3.05, 3.63) is 69.9 Å². The molecule has 0 saturated carbocycles. The molecule has 29 heavy (non-hydrogen) atoms. The van der Waals surface area contributed by atoms with Gasteiger partial charge in [-0.15, -0.1) is 11.3 Å². The smallest absolute Gasteiger partial charge is 0.345 e. The van der Waals surface area contributed by atoms with E-state index in [-0.39, 0.29) is 0 Å². The summed E-state index contributed by atoms with van der Waals surface area (Å²) in [5.41, 5.74) is 4.55. The van der Waals surface area contributed by atoms with Crippen LogP contribution in [-0.2, 0) is 0 Å². The lowest BCUT2D eigenvalue weighted by atomic mass is 10.1. The minimum atomic E-state index is -0.476. The van der Waals surface area contributed by atoms with Gasteiger partial charge in [-0.2, -0.15) is 5.10 Å². The molecule has 0 unspecified atom stereocenters. The average molecular weight is 407 g/mol. The van der Waals surface area contributed by atoms with Gasteiger partial charge in [0.2, 0.25) is 5.13 Å². The van der Waals surface area contributed by atoms with Crippen LogP contribution in [0.3, 0.4) is 0 Å². The van der Waals surface area contributed by atoms with E-state index < -0.39 is 5.63 Å². The predicted octanol–water partition coefficient (Wildman–Crippen LogP) is 4.38. The molecule has 0 aliphatic rings. The highest BCUT2D eigenvalue weighted by Crippen LogP contribution is 2.29. The first-order valence-electron chi connectivity index (χ1n) is 8.68. The van der Waals surface area contributed by atoms with E-state index in [2.05, 4.69) is 15.5 Å². The molecule has 0 bridgehead atoms. The first-order chi connectivity index (χ1) is 14.2. The summed E-state index contributed by atoms with van der Waals surface area (Å²) in [7, 11) is 3.14. The Morgan fingerprint density at radius 3 is 2.72 bits per heavy atom. The lowest BCUT2D eigenvalue weighted by Crippen LogP contribution is -2.03. The van der Waals surface area contributed by atoms with Crippen LogP contribution < -0.4 is 20.5 Å². The second-order valence-electron chi connectivity index (χ2n) is 5.98. The van der Waals surface area contributed by atoms with Gasteiger partial charge in [-0.25, -0.2) is 9.78 Å². The number of rotatable bonds is 6. The molecule has 0 spiro atoms. The van der Waals surface area contributed by atoms with E-state index in [9.17, 15) is 4.79 Å². The highest BCUT2D eigenvalue weighted by Gasteiger charge is 2.13. The van der Waals surface area contributed by atoms with Crippen molar-refractivity contribution in [3.63, 3.8) is 0 Å². The van der Waals surface area contributed by atoms with Crippen LogP contribution in [0.2, 0.25) is 0 Å². The lowest BCUT2D eigenvalue weighted by Gasteiger charge is -2.04. The summed E-state index contributed by atoms with van der Waals surface area (Å²) in [4.78, 5) is 16.9. The highest BCUT2D eigenvalue weighted by molar-refractivity contribution is 7.14. The second-order valence-corrected chi connectivity index (χ2v) is 6.83. The maximum absolute atomic E-state index is 12.5. The second kappa shape index (κ2) is 8.15. The SMILES string of the molecule is COc1ccccc1/C=N\Nc1nc(-c2cc3cccc(OC)c3oc2=O)cs1. The number of anilines is 1. The number of ether oxygens (including phenoxy) is 2. The number of nitrogens with one attached hydrogen (secondary N) is 1. The lowest BCUT2D eigenvalue weighted by molar-refractivity contribution is 0.407. The van der Waals surface area contributed by atoms with Crippen molar-refractivity contribution in [2.24, 2.45) is 5.10 Å². The molecule has 8 heteroatoms. The van der Waals surface area contributed by atoms with Crippen LogP contribution in [-0.4, -0.2) is 25.4 Å². The number of aromatic nitrogens is 1. The number of hydrogen-bond acceptors (Lipinski definition) is 8. The number of hydrogen-bond donors (Lipinski definition) is 1. The summed E-state index contributed by atoms with van der Waals surface area (Å²) in [5, 5.41) is 7.29. The van der Waals surface area contributed by atoms with Crippen LogP contribution in [0.25, 0.3) is 22.2 Å². The van der Waals surface area contributed by atoms with Gasteiger partial charge >= 0.3 is 5.63 Å². The molecule has 2 aromatic heterocycles. The summed E-state index contributed by atoms with van der Waals surface area (Å²) >= 11 is 1.34. The molecular formula is C21H17N3O4S. The molecule has 4 aromatic rings. The minimum absolute atomic E-state index is 0.378. The van der Waals surface area contributed by atoms with Crippen LogP contribution in [0.1, 0.15) is 5.56 Å². The van der Waals surface area contributed by atoms with Gasteiger partial charge < -0.3 is 13.9 Å². The molecule has 4 rings (SSSR count).